The lowest BCUT2D eigenvalue weighted by Crippen LogP contribution is -2.56. The van der Waals surface area contributed by atoms with E-state index in [1.165, 1.54) is 12.0 Å². The van der Waals surface area contributed by atoms with E-state index in [9.17, 15) is 9.59 Å². The highest BCUT2D eigenvalue weighted by molar-refractivity contribution is 5.80. The number of ether oxygens (including phenoxy) is 1. The van der Waals surface area contributed by atoms with E-state index >= 15 is 0 Å². The summed E-state index contributed by atoms with van der Waals surface area (Å²) in [6.45, 7) is 0.455. The Hall–Kier alpha value is -1.10. The SMILES string of the molecule is [3H]CC(=O)N(CC[NH3+])CC(=O)OC. The van der Waals surface area contributed by atoms with E-state index in [0.717, 1.165) is 0 Å². The predicted octanol–water partition coefficient (Wildman–Crippen LogP) is -1.75. The molecule has 0 saturated heterocycles. The van der Waals surface area contributed by atoms with Gasteiger partial charge in [0.1, 0.15) is 6.54 Å². The van der Waals surface area contributed by atoms with Gasteiger partial charge in [-0.2, -0.15) is 0 Å². The number of rotatable bonds is 4. The highest BCUT2D eigenvalue weighted by Crippen LogP contribution is 1.88. The molecule has 0 bridgehead atoms. The molecule has 0 aromatic rings. The third kappa shape index (κ3) is 3.92. The van der Waals surface area contributed by atoms with E-state index in [-0.39, 0.29) is 19.4 Å². The van der Waals surface area contributed by atoms with Gasteiger partial charge in [-0.3, -0.25) is 9.59 Å². The second-order valence-corrected chi connectivity index (χ2v) is 2.24. The smallest absolute Gasteiger partial charge is 0.325 e. The fourth-order valence-electron chi connectivity index (χ4n) is 0.703. The van der Waals surface area contributed by atoms with Crippen LogP contribution in [0, 0.1) is 0 Å². The number of carbonyl (C=O) groups excluding carboxylic acids is 2. The van der Waals surface area contributed by atoms with Crippen molar-refractivity contribution in [3.63, 3.8) is 0 Å². The van der Waals surface area contributed by atoms with Crippen LogP contribution in [-0.2, 0) is 14.3 Å². The Bertz CT molecular complexity index is 187. The van der Waals surface area contributed by atoms with Crippen LogP contribution < -0.4 is 5.73 Å². The van der Waals surface area contributed by atoms with Crippen LogP contribution >= 0.6 is 0 Å². The van der Waals surface area contributed by atoms with Gasteiger partial charge in [0.2, 0.25) is 5.91 Å². The Kier molecular flexibility index (Phi) is 4.15. The summed E-state index contributed by atoms with van der Waals surface area (Å²) in [7, 11) is 1.26. The molecular formula is C7H15N2O3+. The zero-order valence-corrected chi connectivity index (χ0v) is 7.21. The lowest BCUT2D eigenvalue weighted by Gasteiger charge is -2.16. The Morgan fingerprint density at radius 2 is 2.33 bits per heavy atom. The number of nitrogens with zero attached hydrogens (tertiary/aromatic N) is 1. The first kappa shape index (κ1) is 8.99. The topological polar surface area (TPSA) is 74.3 Å². The molecular weight excluding hydrogens is 160 g/mol. The minimum absolute atomic E-state index is 0.0935. The van der Waals surface area contributed by atoms with Crippen molar-refractivity contribution in [1.82, 2.24) is 4.90 Å². The predicted molar refractivity (Wildman–Crippen MR) is 42.0 cm³/mol. The van der Waals surface area contributed by atoms with Gasteiger partial charge in [-0.1, -0.05) is 0 Å². The molecule has 0 radical (unpaired) electrons. The molecule has 0 saturated carbocycles. The summed E-state index contributed by atoms with van der Waals surface area (Å²) >= 11 is 0. The summed E-state index contributed by atoms with van der Waals surface area (Å²) in [6, 6.07) is 0. The van der Waals surface area contributed by atoms with Crippen molar-refractivity contribution in [3.8, 4) is 0 Å². The van der Waals surface area contributed by atoms with E-state index in [1.54, 1.807) is 0 Å². The van der Waals surface area contributed by atoms with Crippen molar-refractivity contribution in [2.75, 3.05) is 26.7 Å². The molecule has 0 heterocycles. The van der Waals surface area contributed by atoms with Crippen molar-refractivity contribution in [1.29, 1.82) is 0 Å². The number of methoxy groups -OCH3 is 1. The van der Waals surface area contributed by atoms with Gasteiger partial charge in [0.15, 0.2) is 0 Å². The minimum atomic E-state index is -0.477. The van der Waals surface area contributed by atoms with Crippen molar-refractivity contribution in [2.45, 2.75) is 6.90 Å². The molecule has 1 amide bonds. The van der Waals surface area contributed by atoms with Gasteiger partial charge in [0.25, 0.3) is 0 Å². The molecule has 3 N–H and O–H groups in total. The van der Waals surface area contributed by atoms with Crippen LogP contribution in [-0.4, -0.2) is 43.5 Å². The Labute approximate surface area is 72.9 Å². The largest absolute Gasteiger partial charge is 0.468 e. The molecule has 0 atom stereocenters. The average molecular weight is 177 g/mol. The second-order valence-electron chi connectivity index (χ2n) is 2.24. The molecule has 0 spiro atoms. The van der Waals surface area contributed by atoms with Gasteiger partial charge < -0.3 is 15.4 Å². The maximum absolute atomic E-state index is 11.1. The Morgan fingerprint density at radius 1 is 1.67 bits per heavy atom. The van der Waals surface area contributed by atoms with Gasteiger partial charge >= 0.3 is 5.97 Å². The summed E-state index contributed by atoms with van der Waals surface area (Å²) < 4.78 is 11.3. The standard InChI is InChI=1S/C7H14N2O3/c1-6(10)9(4-3-8)5-7(11)12-2/h3-5,8H2,1-2H3/p+1/i1T. The summed E-state index contributed by atoms with van der Waals surface area (Å²) in [4.78, 5) is 23.1. The maximum Gasteiger partial charge on any atom is 0.325 e. The third-order valence-corrected chi connectivity index (χ3v) is 1.33. The normalized spacial score (nSPS) is 10.3. The number of esters is 1. The molecule has 5 nitrogen and oxygen atoms in total. The zero-order valence-electron chi connectivity index (χ0n) is 8.21. The number of amides is 1. The third-order valence-electron chi connectivity index (χ3n) is 1.33. The summed E-state index contributed by atoms with van der Waals surface area (Å²) in [5, 5.41) is 0. The van der Waals surface area contributed by atoms with Gasteiger partial charge in [0, 0.05) is 8.27 Å². The van der Waals surface area contributed by atoms with Crippen LogP contribution in [0.4, 0.5) is 0 Å². The molecule has 12 heavy (non-hydrogen) atoms. The Morgan fingerprint density at radius 3 is 2.75 bits per heavy atom. The zero-order chi connectivity index (χ0) is 10.3. The molecule has 0 aromatic carbocycles. The molecule has 5 heteroatoms. The van der Waals surface area contributed by atoms with Crippen LogP contribution in [0.25, 0.3) is 0 Å². The van der Waals surface area contributed by atoms with Crippen molar-refractivity contribution in [3.05, 3.63) is 0 Å². The molecule has 0 unspecified atom stereocenters. The molecule has 0 aliphatic heterocycles. The Balaban J connectivity index is 4.08. The van der Waals surface area contributed by atoms with E-state index < -0.39 is 5.97 Å². The van der Waals surface area contributed by atoms with E-state index in [4.69, 9.17) is 1.37 Å². The van der Waals surface area contributed by atoms with Gasteiger partial charge in [-0.15, -0.1) is 0 Å². The lowest BCUT2D eigenvalue weighted by molar-refractivity contribution is -0.368. The molecule has 0 fully saturated rings. The fourth-order valence-corrected chi connectivity index (χ4v) is 0.703. The second kappa shape index (κ2) is 5.54. The lowest BCUT2D eigenvalue weighted by atomic mass is 10.4. The number of quaternary nitrogens is 1. The molecule has 0 aliphatic rings. The van der Waals surface area contributed by atoms with E-state index in [2.05, 4.69) is 10.5 Å². The van der Waals surface area contributed by atoms with Crippen molar-refractivity contribution >= 4 is 11.9 Å². The summed E-state index contributed by atoms with van der Waals surface area (Å²) in [5.74, 6) is -0.857. The van der Waals surface area contributed by atoms with Crippen LogP contribution in [0.5, 0.6) is 0 Å². The van der Waals surface area contributed by atoms with Crippen molar-refractivity contribution in [2.24, 2.45) is 0 Å². The summed E-state index contributed by atoms with van der Waals surface area (Å²) in [5.41, 5.74) is 3.57. The monoisotopic (exact) mass is 177 g/mol. The highest BCUT2D eigenvalue weighted by Gasteiger charge is 2.12. The molecule has 0 aromatic heterocycles. The average Bonchev–Trinajstić information content (AvgIpc) is 2.15. The van der Waals surface area contributed by atoms with Crippen LogP contribution in [0.15, 0.2) is 0 Å². The molecule has 0 rings (SSSR count). The molecule has 0 aliphatic carbocycles. The van der Waals surface area contributed by atoms with Crippen LogP contribution in [0.1, 0.15) is 8.27 Å². The first-order valence-electron chi connectivity index (χ1n) is 4.29. The van der Waals surface area contributed by atoms with Gasteiger partial charge in [0.05, 0.1) is 20.2 Å². The van der Waals surface area contributed by atoms with Crippen LogP contribution in [0.2, 0.25) is 0 Å². The maximum atomic E-state index is 11.1. The fraction of sp³-hybridized carbons (Fsp3) is 0.714. The summed E-state index contributed by atoms with van der Waals surface area (Å²) in [6.07, 6.45) is 0. The van der Waals surface area contributed by atoms with Crippen molar-refractivity contribution < 1.29 is 21.4 Å². The van der Waals surface area contributed by atoms with E-state index in [1.807, 2.05) is 0 Å². The number of hydrogen-bond acceptors (Lipinski definition) is 3. The quantitative estimate of drug-likeness (QED) is 0.517. The first-order valence-corrected chi connectivity index (χ1v) is 3.58. The van der Waals surface area contributed by atoms with E-state index in [0.29, 0.717) is 13.1 Å². The van der Waals surface area contributed by atoms with Gasteiger partial charge in [-0.05, 0) is 0 Å². The first-order chi connectivity index (χ1) is 6.15. The van der Waals surface area contributed by atoms with Gasteiger partial charge in [-0.25, -0.2) is 0 Å². The highest BCUT2D eigenvalue weighted by atomic mass is 16.5. The minimum Gasteiger partial charge on any atom is -0.468 e. The van der Waals surface area contributed by atoms with Crippen LogP contribution in [0.3, 0.4) is 0 Å². The number of hydrogen-bond donors (Lipinski definition) is 1. The molecule has 70 valence electrons. The number of carbonyl (C=O) groups is 2.